The predicted molar refractivity (Wildman–Crippen MR) is 154 cm³/mol. The number of esters is 1. The molecule has 7 heteroatoms. The third kappa shape index (κ3) is 8.21. The largest absolute Gasteiger partial charge is 0.466 e. The number of hydrogen-bond acceptors (Lipinski definition) is 4. The van der Waals surface area contributed by atoms with E-state index in [1.807, 2.05) is 0 Å². The number of fused-ring (bicyclic) bond motifs is 1. The van der Waals surface area contributed by atoms with Gasteiger partial charge in [-0.1, -0.05) is 50.9 Å². The first kappa shape index (κ1) is 31.7. The van der Waals surface area contributed by atoms with Crippen LogP contribution in [0.3, 0.4) is 0 Å². The van der Waals surface area contributed by atoms with Crippen LogP contribution in [0.2, 0.25) is 5.02 Å². The molecular weight excluding hydrogens is 507 g/mol. The summed E-state index contributed by atoms with van der Waals surface area (Å²) in [6.07, 6.45) is 8.96. The number of ether oxygens (including phenoxy) is 1. The molecule has 0 N–H and O–H groups in total. The van der Waals surface area contributed by atoms with Gasteiger partial charge < -0.3 is 14.5 Å². The SMILES string of the molecule is CCOC(=O)CCN1C=C2C(CCN(C)C)CCCC2(c2ccc(CCC(C)(C)C)c(Cl)c2)CC1=O.Cl. The average molecular weight is 554 g/mol. The molecule has 0 saturated heterocycles. The lowest BCUT2D eigenvalue weighted by molar-refractivity contribution is -0.143. The first-order chi connectivity index (χ1) is 16.9. The van der Waals surface area contributed by atoms with Gasteiger partial charge in [-0.05, 0) is 93.8 Å². The Balaban J connectivity index is 0.00000481. The predicted octanol–water partition coefficient (Wildman–Crippen LogP) is 6.80. The first-order valence-electron chi connectivity index (χ1n) is 13.6. The highest BCUT2D eigenvalue weighted by molar-refractivity contribution is 6.31. The normalized spacial score (nSPS) is 21.8. The Labute approximate surface area is 235 Å². The second kappa shape index (κ2) is 13.5. The molecule has 0 radical (unpaired) electrons. The topological polar surface area (TPSA) is 49.9 Å². The highest BCUT2D eigenvalue weighted by Gasteiger charge is 2.47. The summed E-state index contributed by atoms with van der Waals surface area (Å²) in [7, 11) is 4.22. The van der Waals surface area contributed by atoms with E-state index < -0.39 is 0 Å². The molecule has 208 valence electrons. The molecule has 1 aromatic rings. The van der Waals surface area contributed by atoms with Gasteiger partial charge in [0.2, 0.25) is 5.91 Å². The lowest BCUT2D eigenvalue weighted by Crippen LogP contribution is -2.47. The summed E-state index contributed by atoms with van der Waals surface area (Å²) >= 11 is 6.85. The minimum absolute atomic E-state index is 0. The number of rotatable bonds is 10. The van der Waals surface area contributed by atoms with E-state index in [4.69, 9.17) is 16.3 Å². The van der Waals surface area contributed by atoms with Crippen LogP contribution >= 0.6 is 24.0 Å². The van der Waals surface area contributed by atoms with E-state index in [0.717, 1.165) is 55.7 Å². The number of carbonyl (C=O) groups excluding carboxylic acids is 2. The maximum Gasteiger partial charge on any atom is 0.307 e. The number of aryl methyl sites for hydroxylation is 1. The summed E-state index contributed by atoms with van der Waals surface area (Å²) in [6, 6.07) is 6.52. The van der Waals surface area contributed by atoms with Crippen molar-refractivity contribution >= 4 is 35.9 Å². The summed E-state index contributed by atoms with van der Waals surface area (Å²) in [5.41, 5.74) is 3.60. The molecule has 1 aliphatic carbocycles. The van der Waals surface area contributed by atoms with Crippen LogP contribution in [0.5, 0.6) is 0 Å². The van der Waals surface area contributed by atoms with Crippen LogP contribution in [-0.2, 0) is 26.2 Å². The van der Waals surface area contributed by atoms with Crippen LogP contribution in [0.1, 0.15) is 83.8 Å². The fourth-order valence-electron chi connectivity index (χ4n) is 5.68. The molecule has 2 atom stereocenters. The number of benzene rings is 1. The molecule has 2 aliphatic rings. The minimum atomic E-state index is -0.320. The average Bonchev–Trinajstić information content (AvgIpc) is 2.80. The van der Waals surface area contributed by atoms with Crippen molar-refractivity contribution in [3.8, 4) is 0 Å². The van der Waals surface area contributed by atoms with Gasteiger partial charge in [0.15, 0.2) is 0 Å². The van der Waals surface area contributed by atoms with Gasteiger partial charge in [0, 0.05) is 29.6 Å². The Morgan fingerprint density at radius 1 is 1.27 bits per heavy atom. The van der Waals surface area contributed by atoms with Crippen molar-refractivity contribution in [1.29, 1.82) is 0 Å². The molecule has 1 saturated carbocycles. The molecule has 2 unspecified atom stereocenters. The van der Waals surface area contributed by atoms with Gasteiger partial charge in [0.05, 0.1) is 13.0 Å². The second-order valence-electron chi connectivity index (χ2n) is 12.0. The van der Waals surface area contributed by atoms with Gasteiger partial charge in [0.25, 0.3) is 0 Å². The van der Waals surface area contributed by atoms with Gasteiger partial charge in [-0.15, -0.1) is 12.4 Å². The molecule has 1 amide bonds. The molecule has 37 heavy (non-hydrogen) atoms. The highest BCUT2D eigenvalue weighted by Crippen LogP contribution is 2.52. The van der Waals surface area contributed by atoms with Crippen molar-refractivity contribution in [2.75, 3.05) is 33.8 Å². The van der Waals surface area contributed by atoms with E-state index >= 15 is 0 Å². The number of hydrogen-bond donors (Lipinski definition) is 0. The fraction of sp³-hybridized carbons (Fsp3) is 0.667. The van der Waals surface area contributed by atoms with Crippen LogP contribution in [0.25, 0.3) is 0 Å². The fourth-order valence-corrected chi connectivity index (χ4v) is 5.95. The monoisotopic (exact) mass is 552 g/mol. The molecule has 1 aromatic carbocycles. The van der Waals surface area contributed by atoms with Crippen molar-refractivity contribution in [3.05, 3.63) is 46.1 Å². The van der Waals surface area contributed by atoms with E-state index in [1.165, 1.54) is 11.1 Å². The molecule has 1 heterocycles. The lowest BCUT2D eigenvalue weighted by atomic mass is 9.59. The zero-order valence-corrected chi connectivity index (χ0v) is 25.1. The number of nitrogens with zero attached hydrogens (tertiary/aromatic N) is 2. The number of amides is 1. The Hall–Kier alpha value is -1.56. The third-order valence-electron chi connectivity index (χ3n) is 7.75. The van der Waals surface area contributed by atoms with E-state index in [-0.39, 0.29) is 41.5 Å². The summed E-state index contributed by atoms with van der Waals surface area (Å²) in [5.74, 6) is 0.217. The Kier molecular flexibility index (Phi) is 11.5. The minimum Gasteiger partial charge on any atom is -0.466 e. The Bertz CT molecular complexity index is 970. The Morgan fingerprint density at radius 2 is 2.00 bits per heavy atom. The second-order valence-corrected chi connectivity index (χ2v) is 12.4. The van der Waals surface area contributed by atoms with E-state index in [9.17, 15) is 9.59 Å². The lowest BCUT2D eigenvalue weighted by Gasteiger charge is -2.48. The third-order valence-corrected chi connectivity index (χ3v) is 8.11. The van der Waals surface area contributed by atoms with Gasteiger partial charge >= 0.3 is 5.97 Å². The quantitative estimate of drug-likeness (QED) is 0.299. The van der Waals surface area contributed by atoms with Crippen molar-refractivity contribution in [3.63, 3.8) is 0 Å². The van der Waals surface area contributed by atoms with Gasteiger partial charge in [-0.2, -0.15) is 0 Å². The van der Waals surface area contributed by atoms with Crippen LogP contribution in [0.15, 0.2) is 30.0 Å². The molecule has 5 nitrogen and oxygen atoms in total. The number of carbonyl (C=O) groups is 2. The summed E-state index contributed by atoms with van der Waals surface area (Å²) in [6.45, 7) is 10.3. The van der Waals surface area contributed by atoms with E-state index in [0.29, 0.717) is 25.5 Å². The van der Waals surface area contributed by atoms with Crippen molar-refractivity contribution in [2.45, 2.75) is 84.5 Å². The summed E-state index contributed by atoms with van der Waals surface area (Å²) in [5, 5.41) is 0.804. The molecule has 0 spiro atoms. The maximum absolute atomic E-state index is 13.4. The van der Waals surface area contributed by atoms with Crippen LogP contribution in [-0.4, -0.2) is 55.5 Å². The molecule has 3 rings (SSSR count). The van der Waals surface area contributed by atoms with Gasteiger partial charge in [0.1, 0.15) is 0 Å². The van der Waals surface area contributed by atoms with Crippen LogP contribution in [0.4, 0.5) is 0 Å². The summed E-state index contributed by atoms with van der Waals surface area (Å²) in [4.78, 5) is 29.4. The van der Waals surface area contributed by atoms with Gasteiger partial charge in [-0.25, -0.2) is 0 Å². The summed E-state index contributed by atoms with van der Waals surface area (Å²) < 4.78 is 5.10. The zero-order valence-electron chi connectivity index (χ0n) is 23.6. The standard InChI is InChI=1S/C30H45ClN2O3.ClH/c1-7-36-28(35)14-18-33-21-25-22(13-17-32(5)6)9-8-15-30(25,20-27(33)34)24-11-10-23(26(31)19-24)12-16-29(2,3)4;/h10-11,19,21-22H,7-9,12-18,20H2,1-6H3;1H. The Morgan fingerprint density at radius 3 is 2.62 bits per heavy atom. The van der Waals surface area contributed by atoms with Crippen LogP contribution in [0, 0.1) is 11.3 Å². The number of halogens is 2. The highest BCUT2D eigenvalue weighted by atomic mass is 35.5. The van der Waals surface area contributed by atoms with E-state index in [2.05, 4.69) is 64.2 Å². The zero-order chi connectivity index (χ0) is 26.5. The number of allylic oxidation sites excluding steroid dienone is 1. The maximum atomic E-state index is 13.4. The van der Waals surface area contributed by atoms with E-state index in [1.54, 1.807) is 11.8 Å². The molecule has 1 fully saturated rings. The molecule has 0 bridgehead atoms. The van der Waals surface area contributed by atoms with Crippen LogP contribution < -0.4 is 0 Å². The molecule has 0 aromatic heterocycles. The van der Waals surface area contributed by atoms with Crippen molar-refractivity contribution in [2.24, 2.45) is 11.3 Å². The molecular formula is C30H46Cl2N2O3. The van der Waals surface area contributed by atoms with Crippen molar-refractivity contribution in [1.82, 2.24) is 9.80 Å². The molecule has 1 aliphatic heterocycles. The first-order valence-corrected chi connectivity index (χ1v) is 13.9. The smallest absolute Gasteiger partial charge is 0.307 e. The van der Waals surface area contributed by atoms with Gasteiger partial charge in [-0.3, -0.25) is 9.59 Å². The van der Waals surface area contributed by atoms with Crippen molar-refractivity contribution < 1.29 is 14.3 Å².